The van der Waals surface area contributed by atoms with E-state index in [2.05, 4.69) is 9.97 Å². The molecule has 1 aromatic carbocycles. The second-order valence-electron chi connectivity index (χ2n) is 6.09. The van der Waals surface area contributed by atoms with E-state index < -0.39 is 0 Å². The summed E-state index contributed by atoms with van der Waals surface area (Å²) in [5.74, 6) is -0.431. The lowest BCUT2D eigenvalue weighted by molar-refractivity contribution is -0.0229. The quantitative estimate of drug-likeness (QED) is 0.718. The Bertz CT molecular complexity index is 940. The number of aromatic nitrogens is 3. The summed E-state index contributed by atoms with van der Waals surface area (Å²) in [6, 6.07) is 8.04. The summed E-state index contributed by atoms with van der Waals surface area (Å²) in [4.78, 5) is 23.1. The van der Waals surface area contributed by atoms with E-state index in [0.29, 0.717) is 30.8 Å². The van der Waals surface area contributed by atoms with E-state index in [0.717, 1.165) is 11.2 Å². The number of carbonyl (C=O) groups is 1. The predicted molar refractivity (Wildman–Crippen MR) is 89.5 cm³/mol. The molecule has 0 aliphatic carbocycles. The van der Waals surface area contributed by atoms with Gasteiger partial charge in [0.25, 0.3) is 5.91 Å². The molecular weight excluding hydrogens is 323 g/mol. The smallest absolute Gasteiger partial charge is 0.255 e. The first-order chi connectivity index (χ1) is 12.1. The number of carbonyl (C=O) groups excluding carboxylic acids is 1. The number of nitrogens with zero attached hydrogens (tertiary/aromatic N) is 4. The second kappa shape index (κ2) is 6.25. The standard InChI is InChI=1S/C18H17FN4O2/c1-22-11-21-15-8-13(9-20-17(15)22)18(24)23-5-6-25-16(10-23)12-3-2-4-14(19)7-12/h2-4,7-9,11,16H,5-6,10H2,1H3/t16-/m0/s1. The Balaban J connectivity index is 1.56. The van der Waals surface area contributed by atoms with Crippen LogP contribution in [0.3, 0.4) is 0 Å². The molecule has 25 heavy (non-hydrogen) atoms. The lowest BCUT2D eigenvalue weighted by atomic mass is 10.1. The fourth-order valence-electron chi connectivity index (χ4n) is 3.06. The molecule has 0 bridgehead atoms. The third-order valence-corrected chi connectivity index (χ3v) is 4.37. The highest BCUT2D eigenvalue weighted by atomic mass is 19.1. The van der Waals surface area contributed by atoms with Crippen LogP contribution in [0.5, 0.6) is 0 Å². The van der Waals surface area contributed by atoms with Crippen molar-refractivity contribution in [3.05, 3.63) is 59.8 Å². The van der Waals surface area contributed by atoms with Crippen LogP contribution in [0.25, 0.3) is 11.2 Å². The van der Waals surface area contributed by atoms with Crippen LogP contribution in [0.15, 0.2) is 42.9 Å². The van der Waals surface area contributed by atoms with Crippen LogP contribution in [-0.2, 0) is 11.8 Å². The molecule has 1 fully saturated rings. The van der Waals surface area contributed by atoms with E-state index in [9.17, 15) is 9.18 Å². The summed E-state index contributed by atoms with van der Waals surface area (Å²) >= 11 is 0. The maximum absolute atomic E-state index is 13.4. The van der Waals surface area contributed by atoms with Gasteiger partial charge >= 0.3 is 0 Å². The predicted octanol–water partition coefficient (Wildman–Crippen LogP) is 2.32. The van der Waals surface area contributed by atoms with E-state index in [1.807, 2.05) is 13.1 Å². The van der Waals surface area contributed by atoms with Gasteiger partial charge in [-0.3, -0.25) is 4.79 Å². The average molecular weight is 340 g/mol. The van der Waals surface area contributed by atoms with Gasteiger partial charge in [-0.2, -0.15) is 0 Å². The minimum atomic E-state index is -0.333. The van der Waals surface area contributed by atoms with Crippen LogP contribution >= 0.6 is 0 Å². The Kier molecular flexibility index (Phi) is 3.93. The maximum atomic E-state index is 13.4. The summed E-state index contributed by atoms with van der Waals surface area (Å²) in [6.45, 7) is 1.28. The Morgan fingerprint density at radius 2 is 2.20 bits per heavy atom. The van der Waals surface area contributed by atoms with E-state index in [1.54, 1.807) is 34.1 Å². The lowest BCUT2D eigenvalue weighted by Gasteiger charge is -2.33. The molecule has 4 rings (SSSR count). The zero-order valence-corrected chi connectivity index (χ0v) is 13.7. The first-order valence-corrected chi connectivity index (χ1v) is 8.05. The van der Waals surface area contributed by atoms with Crippen LogP contribution < -0.4 is 0 Å². The zero-order chi connectivity index (χ0) is 17.4. The lowest BCUT2D eigenvalue weighted by Crippen LogP contribution is -2.42. The number of halogens is 1. The third-order valence-electron chi connectivity index (χ3n) is 4.37. The second-order valence-corrected chi connectivity index (χ2v) is 6.09. The molecule has 0 radical (unpaired) electrons. The molecule has 1 saturated heterocycles. The van der Waals surface area contributed by atoms with Gasteiger partial charge < -0.3 is 14.2 Å². The number of rotatable bonds is 2. The number of amides is 1. The number of morpholine rings is 1. The molecule has 1 amide bonds. The number of fused-ring (bicyclic) bond motifs is 1. The minimum Gasteiger partial charge on any atom is -0.370 e. The summed E-state index contributed by atoms with van der Waals surface area (Å²) in [5.41, 5.74) is 2.64. The average Bonchev–Trinajstić information content (AvgIpc) is 3.02. The molecule has 128 valence electrons. The van der Waals surface area contributed by atoms with E-state index in [1.165, 1.54) is 12.1 Å². The molecule has 3 aromatic rings. The Labute approximate surface area is 143 Å². The van der Waals surface area contributed by atoms with Gasteiger partial charge in [-0.25, -0.2) is 14.4 Å². The Morgan fingerprint density at radius 3 is 3.04 bits per heavy atom. The monoisotopic (exact) mass is 340 g/mol. The molecule has 0 saturated carbocycles. The largest absolute Gasteiger partial charge is 0.370 e. The van der Waals surface area contributed by atoms with Gasteiger partial charge in [-0.15, -0.1) is 0 Å². The van der Waals surface area contributed by atoms with Crippen LogP contribution in [-0.4, -0.2) is 45.0 Å². The number of benzene rings is 1. The molecule has 1 atom stereocenters. The molecule has 6 nitrogen and oxygen atoms in total. The topological polar surface area (TPSA) is 60.2 Å². The van der Waals surface area contributed by atoms with Gasteiger partial charge in [-0.1, -0.05) is 12.1 Å². The molecular formula is C18H17FN4O2. The normalized spacial score (nSPS) is 17.8. The zero-order valence-electron chi connectivity index (χ0n) is 13.7. The van der Waals surface area contributed by atoms with Crippen molar-refractivity contribution >= 4 is 17.1 Å². The number of aryl methyl sites for hydroxylation is 1. The molecule has 1 aliphatic rings. The molecule has 2 aromatic heterocycles. The van der Waals surface area contributed by atoms with Crippen LogP contribution in [0.2, 0.25) is 0 Å². The first-order valence-electron chi connectivity index (χ1n) is 8.05. The van der Waals surface area contributed by atoms with Crippen molar-refractivity contribution in [3.63, 3.8) is 0 Å². The fourth-order valence-corrected chi connectivity index (χ4v) is 3.06. The maximum Gasteiger partial charge on any atom is 0.255 e. The summed E-state index contributed by atoms with van der Waals surface area (Å²) in [7, 11) is 1.86. The van der Waals surface area contributed by atoms with Crippen molar-refractivity contribution in [1.29, 1.82) is 0 Å². The molecule has 1 aliphatic heterocycles. The molecule has 3 heterocycles. The molecule has 0 unspecified atom stereocenters. The van der Waals surface area contributed by atoms with Crippen molar-refractivity contribution in [1.82, 2.24) is 19.4 Å². The number of hydrogen-bond acceptors (Lipinski definition) is 4. The number of hydrogen-bond donors (Lipinski definition) is 0. The van der Waals surface area contributed by atoms with Crippen LogP contribution in [0.1, 0.15) is 22.0 Å². The van der Waals surface area contributed by atoms with Crippen molar-refractivity contribution in [2.45, 2.75) is 6.10 Å². The summed E-state index contributed by atoms with van der Waals surface area (Å²) in [6.07, 6.45) is 2.90. The Morgan fingerprint density at radius 1 is 1.32 bits per heavy atom. The first kappa shape index (κ1) is 15.7. The van der Waals surface area contributed by atoms with Gasteiger partial charge in [0.1, 0.15) is 17.4 Å². The number of ether oxygens (including phenoxy) is 1. The highest BCUT2D eigenvalue weighted by molar-refractivity contribution is 5.96. The summed E-state index contributed by atoms with van der Waals surface area (Å²) in [5, 5.41) is 0. The van der Waals surface area contributed by atoms with Gasteiger partial charge in [0.2, 0.25) is 0 Å². The summed E-state index contributed by atoms with van der Waals surface area (Å²) < 4.78 is 21.0. The van der Waals surface area contributed by atoms with Gasteiger partial charge in [0, 0.05) is 19.8 Å². The SMILES string of the molecule is Cn1cnc2cc(C(=O)N3CCO[C@H](c4cccc(F)c4)C3)cnc21. The molecule has 0 N–H and O–H groups in total. The van der Waals surface area contributed by atoms with Gasteiger partial charge in [0.15, 0.2) is 5.65 Å². The highest BCUT2D eigenvalue weighted by Crippen LogP contribution is 2.24. The van der Waals surface area contributed by atoms with Crippen LogP contribution in [0.4, 0.5) is 4.39 Å². The van der Waals surface area contributed by atoms with Crippen molar-refractivity contribution in [2.75, 3.05) is 19.7 Å². The molecule has 0 spiro atoms. The van der Waals surface area contributed by atoms with Crippen LogP contribution in [0, 0.1) is 5.82 Å². The van der Waals surface area contributed by atoms with E-state index >= 15 is 0 Å². The number of imidazole rings is 1. The minimum absolute atomic E-state index is 0.121. The Hall–Kier alpha value is -2.80. The van der Waals surface area contributed by atoms with E-state index in [4.69, 9.17) is 4.74 Å². The van der Waals surface area contributed by atoms with Crippen molar-refractivity contribution in [3.8, 4) is 0 Å². The van der Waals surface area contributed by atoms with Gasteiger partial charge in [0.05, 0.1) is 25.0 Å². The molecule has 7 heteroatoms. The van der Waals surface area contributed by atoms with Gasteiger partial charge in [-0.05, 0) is 23.8 Å². The third kappa shape index (κ3) is 2.98. The van der Waals surface area contributed by atoms with Crippen molar-refractivity contribution in [2.24, 2.45) is 7.05 Å². The van der Waals surface area contributed by atoms with E-state index in [-0.39, 0.29) is 17.8 Å². The highest BCUT2D eigenvalue weighted by Gasteiger charge is 2.26. The fraction of sp³-hybridized carbons (Fsp3) is 0.278. The number of pyridine rings is 1. The van der Waals surface area contributed by atoms with Crippen molar-refractivity contribution < 1.29 is 13.9 Å².